The van der Waals surface area contributed by atoms with Crippen LogP contribution in [0.1, 0.15) is 38.3 Å². The first-order valence-corrected chi connectivity index (χ1v) is 10.2. The van der Waals surface area contributed by atoms with Crippen molar-refractivity contribution >= 4 is 11.6 Å². The Morgan fingerprint density at radius 1 is 1.04 bits per heavy atom. The lowest BCUT2D eigenvalue weighted by Gasteiger charge is -2.39. The normalized spacial score (nSPS) is 17.1. The standard InChI is InChI=1S/C23H31N3O2/c1-3-9-20(19-10-5-4-6-11-19)24-23(28)18(2)25-14-16-26(17-15-25)21-12-7-8-13-22(21)27/h4-8,10-13,18,20,27H,3,9,14-17H2,1-2H3,(H,24,28). The van der Waals surface area contributed by atoms with Crippen LogP contribution in [0.5, 0.6) is 5.75 Å². The molecule has 2 unspecified atom stereocenters. The molecule has 3 rings (SSSR count). The molecule has 0 bridgehead atoms. The van der Waals surface area contributed by atoms with E-state index in [0.29, 0.717) is 5.75 Å². The number of amides is 1. The quantitative estimate of drug-likeness (QED) is 0.770. The summed E-state index contributed by atoms with van der Waals surface area (Å²) in [5.74, 6) is 0.394. The molecule has 5 heteroatoms. The predicted molar refractivity (Wildman–Crippen MR) is 114 cm³/mol. The van der Waals surface area contributed by atoms with Crippen molar-refractivity contribution in [3.05, 3.63) is 60.2 Å². The molecule has 150 valence electrons. The topological polar surface area (TPSA) is 55.8 Å². The van der Waals surface area contributed by atoms with Crippen molar-refractivity contribution < 1.29 is 9.90 Å². The van der Waals surface area contributed by atoms with Crippen LogP contribution in [0, 0.1) is 0 Å². The molecule has 28 heavy (non-hydrogen) atoms. The van der Waals surface area contributed by atoms with Crippen molar-refractivity contribution in [2.24, 2.45) is 0 Å². The van der Waals surface area contributed by atoms with Crippen molar-refractivity contribution in [1.29, 1.82) is 0 Å². The molecule has 2 aromatic rings. The van der Waals surface area contributed by atoms with Gasteiger partial charge in [0.05, 0.1) is 17.8 Å². The number of nitrogens with one attached hydrogen (secondary N) is 1. The van der Waals surface area contributed by atoms with E-state index in [1.807, 2.05) is 43.3 Å². The lowest BCUT2D eigenvalue weighted by Crippen LogP contribution is -2.54. The van der Waals surface area contributed by atoms with E-state index in [2.05, 4.69) is 34.2 Å². The molecule has 1 aliphatic heterocycles. The smallest absolute Gasteiger partial charge is 0.237 e. The van der Waals surface area contributed by atoms with Crippen molar-refractivity contribution in [2.75, 3.05) is 31.1 Å². The Hall–Kier alpha value is -2.53. The lowest BCUT2D eigenvalue weighted by atomic mass is 10.0. The van der Waals surface area contributed by atoms with Gasteiger partial charge in [-0.1, -0.05) is 55.8 Å². The Kier molecular flexibility index (Phi) is 6.93. The van der Waals surface area contributed by atoms with Gasteiger partial charge in [-0.05, 0) is 31.0 Å². The number of benzene rings is 2. The van der Waals surface area contributed by atoms with Crippen molar-refractivity contribution in [2.45, 2.75) is 38.8 Å². The molecule has 0 radical (unpaired) electrons. The Labute approximate surface area is 168 Å². The van der Waals surface area contributed by atoms with Crippen LogP contribution < -0.4 is 10.2 Å². The number of hydrogen-bond acceptors (Lipinski definition) is 4. The van der Waals surface area contributed by atoms with E-state index in [1.54, 1.807) is 6.07 Å². The number of aromatic hydroxyl groups is 1. The van der Waals surface area contributed by atoms with E-state index in [1.165, 1.54) is 0 Å². The third kappa shape index (κ3) is 4.84. The molecule has 1 amide bonds. The number of carbonyl (C=O) groups is 1. The van der Waals surface area contributed by atoms with Crippen LogP contribution in [0.4, 0.5) is 5.69 Å². The number of rotatable bonds is 7. The van der Waals surface area contributed by atoms with E-state index in [4.69, 9.17) is 0 Å². The van der Waals surface area contributed by atoms with Gasteiger partial charge in [-0.25, -0.2) is 0 Å². The maximum atomic E-state index is 12.9. The number of carbonyl (C=O) groups excluding carboxylic acids is 1. The second-order valence-electron chi connectivity index (χ2n) is 7.45. The monoisotopic (exact) mass is 381 g/mol. The Bertz CT molecular complexity index is 757. The molecule has 1 fully saturated rings. The minimum absolute atomic E-state index is 0.0590. The van der Waals surface area contributed by atoms with Gasteiger partial charge in [0, 0.05) is 26.2 Å². The fourth-order valence-corrected chi connectivity index (χ4v) is 3.84. The average molecular weight is 382 g/mol. The highest BCUT2D eigenvalue weighted by Crippen LogP contribution is 2.27. The summed E-state index contributed by atoms with van der Waals surface area (Å²) in [5, 5.41) is 13.3. The van der Waals surface area contributed by atoms with Crippen molar-refractivity contribution in [3.63, 3.8) is 0 Å². The summed E-state index contributed by atoms with van der Waals surface area (Å²) in [5.41, 5.74) is 2.03. The molecule has 0 saturated carbocycles. The van der Waals surface area contributed by atoms with E-state index >= 15 is 0 Å². The van der Waals surface area contributed by atoms with Crippen molar-refractivity contribution in [3.8, 4) is 5.75 Å². The predicted octanol–water partition coefficient (Wildman–Crippen LogP) is 3.56. The zero-order valence-electron chi connectivity index (χ0n) is 16.8. The Morgan fingerprint density at radius 2 is 1.68 bits per heavy atom. The van der Waals surface area contributed by atoms with Crippen LogP contribution in [-0.4, -0.2) is 48.1 Å². The highest BCUT2D eigenvalue weighted by Gasteiger charge is 2.27. The highest BCUT2D eigenvalue weighted by molar-refractivity contribution is 5.81. The minimum Gasteiger partial charge on any atom is -0.506 e. The third-order valence-electron chi connectivity index (χ3n) is 5.56. The van der Waals surface area contributed by atoms with Gasteiger partial charge in [-0.15, -0.1) is 0 Å². The number of nitrogens with zero attached hydrogens (tertiary/aromatic N) is 2. The summed E-state index contributed by atoms with van der Waals surface area (Å²) < 4.78 is 0. The van der Waals surface area contributed by atoms with Crippen LogP contribution in [0.25, 0.3) is 0 Å². The highest BCUT2D eigenvalue weighted by atomic mass is 16.3. The Morgan fingerprint density at radius 3 is 2.32 bits per heavy atom. The van der Waals surface area contributed by atoms with Gasteiger partial charge in [0.25, 0.3) is 0 Å². The number of phenolic OH excluding ortho intramolecular Hbond substituents is 1. The van der Waals surface area contributed by atoms with Gasteiger partial charge < -0.3 is 15.3 Å². The van der Waals surface area contributed by atoms with Crippen LogP contribution in [0.15, 0.2) is 54.6 Å². The van der Waals surface area contributed by atoms with E-state index in [9.17, 15) is 9.90 Å². The molecule has 1 aliphatic rings. The van der Waals surface area contributed by atoms with E-state index in [-0.39, 0.29) is 18.0 Å². The summed E-state index contributed by atoms with van der Waals surface area (Å²) in [6.07, 6.45) is 1.96. The fraction of sp³-hybridized carbons (Fsp3) is 0.435. The zero-order valence-corrected chi connectivity index (χ0v) is 16.8. The van der Waals surface area contributed by atoms with Crippen LogP contribution >= 0.6 is 0 Å². The summed E-state index contributed by atoms with van der Waals surface area (Å²) in [4.78, 5) is 17.3. The molecular formula is C23H31N3O2. The van der Waals surface area contributed by atoms with Gasteiger partial charge in [0.15, 0.2) is 0 Å². The molecule has 0 aliphatic carbocycles. The number of hydrogen-bond donors (Lipinski definition) is 2. The Balaban J connectivity index is 1.57. The molecule has 0 spiro atoms. The first-order chi connectivity index (χ1) is 13.6. The zero-order chi connectivity index (χ0) is 19.9. The van der Waals surface area contributed by atoms with Crippen LogP contribution in [0.2, 0.25) is 0 Å². The van der Waals surface area contributed by atoms with E-state index < -0.39 is 0 Å². The molecule has 5 nitrogen and oxygen atoms in total. The van der Waals surface area contributed by atoms with Gasteiger partial charge in [0.2, 0.25) is 5.91 Å². The second-order valence-corrected chi connectivity index (χ2v) is 7.45. The third-order valence-corrected chi connectivity index (χ3v) is 5.56. The summed E-state index contributed by atoms with van der Waals surface area (Å²) >= 11 is 0. The van der Waals surface area contributed by atoms with Crippen LogP contribution in [0.3, 0.4) is 0 Å². The number of phenols is 1. The van der Waals surface area contributed by atoms with Gasteiger partial charge >= 0.3 is 0 Å². The molecule has 2 atom stereocenters. The molecular weight excluding hydrogens is 350 g/mol. The number of piperazine rings is 1. The first-order valence-electron chi connectivity index (χ1n) is 10.2. The largest absolute Gasteiger partial charge is 0.506 e. The number of para-hydroxylation sites is 2. The summed E-state index contributed by atoms with van der Waals surface area (Å²) in [7, 11) is 0. The summed E-state index contributed by atoms with van der Waals surface area (Å²) in [6.45, 7) is 7.32. The van der Waals surface area contributed by atoms with Crippen molar-refractivity contribution in [1.82, 2.24) is 10.2 Å². The molecule has 2 aromatic carbocycles. The molecule has 1 saturated heterocycles. The SMILES string of the molecule is CCCC(NC(=O)C(C)N1CCN(c2ccccc2O)CC1)c1ccccc1. The maximum absolute atomic E-state index is 12.9. The van der Waals surface area contributed by atoms with Gasteiger partial charge in [-0.2, -0.15) is 0 Å². The maximum Gasteiger partial charge on any atom is 0.237 e. The lowest BCUT2D eigenvalue weighted by molar-refractivity contribution is -0.126. The molecule has 1 heterocycles. The first kappa shape index (κ1) is 20.2. The number of anilines is 1. The fourth-order valence-electron chi connectivity index (χ4n) is 3.84. The van der Waals surface area contributed by atoms with Crippen LogP contribution in [-0.2, 0) is 4.79 Å². The minimum atomic E-state index is -0.172. The average Bonchev–Trinajstić information content (AvgIpc) is 2.74. The van der Waals surface area contributed by atoms with E-state index in [0.717, 1.165) is 50.3 Å². The second kappa shape index (κ2) is 9.60. The van der Waals surface area contributed by atoms with Gasteiger partial charge in [-0.3, -0.25) is 9.69 Å². The summed E-state index contributed by atoms with van der Waals surface area (Å²) in [6, 6.07) is 17.5. The molecule has 2 N–H and O–H groups in total. The molecule has 0 aromatic heterocycles. The van der Waals surface area contributed by atoms with Gasteiger partial charge in [0.1, 0.15) is 5.75 Å².